The molecule has 0 N–H and O–H groups in total. The minimum Gasteiger partial charge on any atom is -0.444 e. The molecule has 0 aliphatic carbocycles. The molecule has 1 aromatic heterocycles. The van der Waals surface area contributed by atoms with E-state index in [1.807, 2.05) is 38.4 Å². The van der Waals surface area contributed by atoms with Gasteiger partial charge in [-0.25, -0.2) is 4.79 Å². The zero-order chi connectivity index (χ0) is 13.5. The zero-order valence-electron chi connectivity index (χ0n) is 11.1. The maximum atomic E-state index is 12.1. The molecule has 2 rings (SSSR count). The summed E-state index contributed by atoms with van der Waals surface area (Å²) >= 11 is 3.36. The first-order chi connectivity index (χ1) is 8.28. The van der Waals surface area contributed by atoms with Gasteiger partial charge < -0.3 is 4.74 Å². The molecule has 1 aliphatic rings. The Kier molecular flexibility index (Phi) is 3.40. The number of nitrogens with zero attached hydrogens (tertiary/aromatic N) is 3. The van der Waals surface area contributed by atoms with Crippen LogP contribution >= 0.6 is 15.9 Å². The highest BCUT2D eigenvalue weighted by Gasteiger charge is 2.31. The first-order valence-corrected chi connectivity index (χ1v) is 6.80. The van der Waals surface area contributed by atoms with Crippen molar-refractivity contribution in [1.29, 1.82) is 0 Å². The lowest BCUT2D eigenvalue weighted by atomic mass is 10.1. The molecule has 0 fully saturated rings. The largest absolute Gasteiger partial charge is 0.444 e. The summed E-state index contributed by atoms with van der Waals surface area (Å²) in [5.74, 6) is 0. The molecule has 6 heteroatoms. The number of carbonyl (C=O) groups excluding carboxylic acids is 1. The minimum absolute atomic E-state index is 0.0209. The average Bonchev–Trinajstić information content (AvgIpc) is 2.57. The van der Waals surface area contributed by atoms with E-state index in [-0.39, 0.29) is 12.1 Å². The molecule has 1 aromatic rings. The predicted molar refractivity (Wildman–Crippen MR) is 71.3 cm³/mol. The molecule has 1 atom stereocenters. The van der Waals surface area contributed by atoms with Crippen molar-refractivity contribution in [2.24, 2.45) is 0 Å². The number of hydrogen-bond acceptors (Lipinski definition) is 3. The Morgan fingerprint density at radius 2 is 2.17 bits per heavy atom. The number of carbonyl (C=O) groups is 1. The molecule has 1 aliphatic heterocycles. The minimum atomic E-state index is -0.463. The molecule has 2 heterocycles. The van der Waals surface area contributed by atoms with Crippen LogP contribution in [0, 0.1) is 0 Å². The summed E-state index contributed by atoms with van der Waals surface area (Å²) in [5.41, 5.74) is 0.564. The Morgan fingerprint density at radius 3 is 2.78 bits per heavy atom. The van der Waals surface area contributed by atoms with Crippen LogP contribution in [0.3, 0.4) is 0 Å². The number of ether oxygens (including phenoxy) is 1. The fraction of sp³-hybridized carbons (Fsp3) is 0.667. The number of hydrogen-bond donors (Lipinski definition) is 0. The van der Waals surface area contributed by atoms with Gasteiger partial charge in [0.1, 0.15) is 10.2 Å². The van der Waals surface area contributed by atoms with E-state index in [9.17, 15) is 4.79 Å². The molecule has 0 aromatic carbocycles. The average molecular weight is 316 g/mol. The van der Waals surface area contributed by atoms with E-state index in [1.165, 1.54) is 0 Å². The van der Waals surface area contributed by atoms with Crippen molar-refractivity contribution in [1.82, 2.24) is 14.7 Å². The third-order valence-corrected chi connectivity index (χ3v) is 3.25. The van der Waals surface area contributed by atoms with Gasteiger partial charge in [0.25, 0.3) is 0 Å². The lowest BCUT2D eigenvalue weighted by Crippen LogP contribution is -2.43. The first kappa shape index (κ1) is 13.4. The van der Waals surface area contributed by atoms with E-state index >= 15 is 0 Å². The van der Waals surface area contributed by atoms with E-state index < -0.39 is 5.60 Å². The Hall–Kier alpha value is -1.04. The maximum Gasteiger partial charge on any atom is 0.410 e. The molecule has 0 saturated heterocycles. The SMILES string of the molecule is CC1c2cc(Br)nn2CCN1C(=O)OC(C)(C)C. The standard InChI is InChI=1S/C12H18BrN3O2/c1-8-9-7-10(13)14-16(9)6-5-15(8)11(17)18-12(2,3)4/h7-8H,5-6H2,1-4H3. The predicted octanol–water partition coefficient (Wildman–Crippen LogP) is 2.96. The first-order valence-electron chi connectivity index (χ1n) is 6.01. The molecule has 1 amide bonds. The Morgan fingerprint density at radius 1 is 1.50 bits per heavy atom. The van der Waals surface area contributed by atoms with Crippen LogP contribution in [-0.2, 0) is 11.3 Å². The van der Waals surface area contributed by atoms with Crippen molar-refractivity contribution >= 4 is 22.0 Å². The molecule has 5 nitrogen and oxygen atoms in total. The number of rotatable bonds is 0. The van der Waals surface area contributed by atoms with Crippen molar-refractivity contribution in [3.8, 4) is 0 Å². The molecule has 1 unspecified atom stereocenters. The van der Waals surface area contributed by atoms with Gasteiger partial charge in [-0.2, -0.15) is 5.10 Å². The van der Waals surface area contributed by atoms with Gasteiger partial charge in [0.05, 0.1) is 18.3 Å². The highest BCUT2D eigenvalue weighted by atomic mass is 79.9. The van der Waals surface area contributed by atoms with E-state index in [4.69, 9.17) is 4.74 Å². The van der Waals surface area contributed by atoms with Crippen LogP contribution < -0.4 is 0 Å². The molecule has 0 bridgehead atoms. The number of halogens is 1. The Bertz CT molecular complexity index is 464. The van der Waals surface area contributed by atoms with Crippen molar-refractivity contribution in [3.05, 3.63) is 16.4 Å². The van der Waals surface area contributed by atoms with E-state index in [2.05, 4.69) is 21.0 Å². The number of fused-ring (bicyclic) bond motifs is 1. The van der Waals surface area contributed by atoms with Gasteiger partial charge in [0.2, 0.25) is 0 Å². The summed E-state index contributed by atoms with van der Waals surface area (Å²) in [6, 6.07) is 1.92. The van der Waals surface area contributed by atoms with Crippen molar-refractivity contribution < 1.29 is 9.53 Å². The van der Waals surface area contributed by atoms with Gasteiger partial charge in [-0.05, 0) is 49.7 Å². The van der Waals surface area contributed by atoms with Crippen molar-refractivity contribution in [3.63, 3.8) is 0 Å². The molecule has 0 spiro atoms. The number of aromatic nitrogens is 2. The lowest BCUT2D eigenvalue weighted by molar-refractivity contribution is 0.0120. The summed E-state index contributed by atoms with van der Waals surface area (Å²) < 4.78 is 8.14. The summed E-state index contributed by atoms with van der Waals surface area (Å²) in [7, 11) is 0. The van der Waals surface area contributed by atoms with Crippen LogP contribution in [0.2, 0.25) is 0 Å². The smallest absolute Gasteiger partial charge is 0.410 e. The third kappa shape index (κ3) is 2.68. The molecule has 0 saturated carbocycles. The van der Waals surface area contributed by atoms with Crippen LogP contribution in [0.4, 0.5) is 4.79 Å². The second-order valence-electron chi connectivity index (χ2n) is 5.46. The van der Waals surface area contributed by atoms with Gasteiger partial charge in [0, 0.05) is 6.54 Å². The lowest BCUT2D eigenvalue weighted by Gasteiger charge is -2.35. The quantitative estimate of drug-likeness (QED) is 0.739. The molecule has 0 radical (unpaired) electrons. The summed E-state index contributed by atoms with van der Waals surface area (Å²) in [6.07, 6.45) is -0.265. The molecule has 18 heavy (non-hydrogen) atoms. The van der Waals surface area contributed by atoms with E-state index in [0.717, 1.165) is 10.3 Å². The van der Waals surface area contributed by atoms with Crippen LogP contribution in [0.25, 0.3) is 0 Å². The van der Waals surface area contributed by atoms with E-state index in [0.29, 0.717) is 13.1 Å². The molecular weight excluding hydrogens is 298 g/mol. The fourth-order valence-electron chi connectivity index (χ4n) is 2.04. The van der Waals surface area contributed by atoms with Crippen LogP contribution in [0.15, 0.2) is 10.7 Å². The van der Waals surface area contributed by atoms with Gasteiger partial charge in [0.15, 0.2) is 0 Å². The van der Waals surface area contributed by atoms with Gasteiger partial charge in [-0.3, -0.25) is 9.58 Å². The topological polar surface area (TPSA) is 47.4 Å². The summed E-state index contributed by atoms with van der Waals surface area (Å²) in [4.78, 5) is 13.8. The monoisotopic (exact) mass is 315 g/mol. The highest BCUT2D eigenvalue weighted by Crippen LogP contribution is 2.28. The van der Waals surface area contributed by atoms with Crippen LogP contribution in [-0.4, -0.2) is 32.9 Å². The van der Waals surface area contributed by atoms with Crippen LogP contribution in [0.5, 0.6) is 0 Å². The van der Waals surface area contributed by atoms with Gasteiger partial charge in [-0.15, -0.1) is 0 Å². The highest BCUT2D eigenvalue weighted by molar-refractivity contribution is 9.10. The summed E-state index contributed by atoms with van der Waals surface area (Å²) in [6.45, 7) is 8.94. The zero-order valence-corrected chi connectivity index (χ0v) is 12.7. The van der Waals surface area contributed by atoms with Gasteiger partial charge in [-0.1, -0.05) is 0 Å². The van der Waals surface area contributed by atoms with Crippen LogP contribution in [0.1, 0.15) is 39.4 Å². The molecular formula is C12H18BrN3O2. The maximum absolute atomic E-state index is 12.1. The Balaban J connectivity index is 2.16. The van der Waals surface area contributed by atoms with Crippen molar-refractivity contribution in [2.45, 2.75) is 45.9 Å². The Labute approximate surface area is 115 Å². The fourth-order valence-corrected chi connectivity index (χ4v) is 2.47. The van der Waals surface area contributed by atoms with Gasteiger partial charge >= 0.3 is 6.09 Å². The van der Waals surface area contributed by atoms with E-state index in [1.54, 1.807) is 4.90 Å². The third-order valence-electron chi connectivity index (χ3n) is 2.86. The molecule has 100 valence electrons. The van der Waals surface area contributed by atoms with Crippen molar-refractivity contribution in [2.75, 3.05) is 6.54 Å². The second-order valence-corrected chi connectivity index (χ2v) is 6.28. The summed E-state index contributed by atoms with van der Waals surface area (Å²) in [5, 5.41) is 4.32. The normalized spacial score (nSPS) is 19.6. The second kappa shape index (κ2) is 4.57. The number of amides is 1.